The predicted octanol–water partition coefficient (Wildman–Crippen LogP) is 5.36. The molecule has 23 nitrogen and oxygen atoms in total. The maximum Gasteiger partial charge on any atom is 0.519 e. The van der Waals surface area contributed by atoms with E-state index in [0.29, 0.717) is 16.5 Å². The fraction of sp³-hybridized carbons (Fsp3) is 0.259. The number of aliphatic hydroxyl groups is 2. The number of hydrogen-bond donors (Lipinski definition) is 7. The highest BCUT2D eigenvalue weighted by molar-refractivity contribution is 6.31. The van der Waals surface area contributed by atoms with E-state index >= 15 is 0 Å². The number of halogens is 2. The zero-order valence-electron chi connectivity index (χ0n) is 42.7. The summed E-state index contributed by atoms with van der Waals surface area (Å²) >= 11 is 12.1. The number of carbonyl (C=O) groups excluding carboxylic acids is 3. The maximum absolute atomic E-state index is 12.8. The van der Waals surface area contributed by atoms with E-state index in [2.05, 4.69) is 19.9 Å². The van der Waals surface area contributed by atoms with Gasteiger partial charge in [-0.25, -0.2) is 24.0 Å². The normalized spacial score (nSPS) is 12.4. The predicted molar refractivity (Wildman–Crippen MR) is 284 cm³/mol. The largest absolute Gasteiger partial charge is 0.519 e. The summed E-state index contributed by atoms with van der Waals surface area (Å²) in [5.41, 5.74) is 11.0. The van der Waals surface area contributed by atoms with E-state index in [9.17, 15) is 48.6 Å². The first-order valence-electron chi connectivity index (χ1n) is 23.9. The number of carbonyl (C=O) groups is 4. The van der Waals surface area contributed by atoms with Crippen LogP contribution in [0.2, 0.25) is 10.0 Å². The van der Waals surface area contributed by atoms with Crippen molar-refractivity contribution in [1.29, 1.82) is 0 Å². The number of nitrogens with two attached hydrogens (primary N) is 1. The molecule has 0 saturated heterocycles. The molecule has 4 atom stereocenters. The van der Waals surface area contributed by atoms with Crippen LogP contribution >= 0.6 is 23.2 Å². The molecule has 0 spiro atoms. The molecule has 79 heavy (non-hydrogen) atoms. The highest BCUT2D eigenvalue weighted by Gasteiger charge is 2.26. The summed E-state index contributed by atoms with van der Waals surface area (Å²) in [6.07, 6.45) is -2.40. The number of esters is 2. The van der Waals surface area contributed by atoms with Crippen molar-refractivity contribution in [3.05, 3.63) is 207 Å². The van der Waals surface area contributed by atoms with Crippen LogP contribution in [0.1, 0.15) is 68.0 Å². The van der Waals surface area contributed by atoms with Crippen molar-refractivity contribution in [1.82, 2.24) is 24.9 Å². The second-order valence-corrected chi connectivity index (χ2v) is 18.7. The first-order valence-corrected chi connectivity index (χ1v) is 24.7. The van der Waals surface area contributed by atoms with E-state index in [1.807, 2.05) is 91.0 Å². The van der Waals surface area contributed by atoms with E-state index < -0.39 is 71.9 Å². The average molecular weight is 1130 g/mol. The van der Waals surface area contributed by atoms with Crippen molar-refractivity contribution in [2.45, 2.75) is 77.0 Å². The van der Waals surface area contributed by atoms with Gasteiger partial charge in [-0.3, -0.25) is 33.9 Å². The number of aliphatic hydroxyl groups excluding tert-OH is 2. The number of carboxylic acids is 1. The van der Waals surface area contributed by atoms with Gasteiger partial charge >= 0.3 is 29.6 Å². The molecule has 4 aromatic carbocycles. The molecular weight excluding hydrogens is 1080 g/mol. The number of benzene rings is 4. The number of aromatic carboxylic acids is 1. The van der Waals surface area contributed by atoms with Crippen molar-refractivity contribution >= 4 is 47.0 Å². The minimum atomic E-state index is -1.60. The van der Waals surface area contributed by atoms with Crippen LogP contribution in [-0.2, 0) is 59.2 Å². The van der Waals surface area contributed by atoms with Crippen LogP contribution < -0.4 is 33.8 Å². The Balaban J connectivity index is 0.000000222. The lowest BCUT2D eigenvalue weighted by molar-refractivity contribution is -0.156. The number of amides is 1. The Morgan fingerprint density at radius 1 is 0.608 bits per heavy atom. The molecule has 416 valence electrons. The van der Waals surface area contributed by atoms with Gasteiger partial charge < -0.3 is 53.5 Å². The Labute approximate surface area is 457 Å². The molecule has 0 unspecified atom stereocenters. The average Bonchev–Trinajstić information content (AvgIpc) is 4.15. The number of hydrogen-bond acceptors (Lipinski definition) is 17. The van der Waals surface area contributed by atoms with E-state index in [0.717, 1.165) is 54.9 Å². The molecule has 1 amide bonds. The quantitative estimate of drug-likeness (QED) is 0.0501. The number of ether oxygens (including phenoxy) is 2. The highest BCUT2D eigenvalue weighted by Crippen LogP contribution is 2.25. The number of nitrogens with zero attached hydrogens (tertiary/aromatic N) is 2. The first kappa shape index (κ1) is 59.5. The van der Waals surface area contributed by atoms with E-state index in [1.165, 1.54) is 27.9 Å². The number of nitrogens with one attached hydrogen (secondary N) is 3. The van der Waals surface area contributed by atoms with Crippen LogP contribution in [0.3, 0.4) is 0 Å². The van der Waals surface area contributed by atoms with Gasteiger partial charge in [0.15, 0.2) is 48.5 Å². The second-order valence-electron chi connectivity index (χ2n) is 17.8. The van der Waals surface area contributed by atoms with Crippen LogP contribution in [0.15, 0.2) is 146 Å². The van der Waals surface area contributed by atoms with Gasteiger partial charge in [-0.05, 0) is 90.8 Å². The molecule has 0 aliphatic carbocycles. The fourth-order valence-electron chi connectivity index (χ4n) is 7.56. The highest BCUT2D eigenvalue weighted by atomic mass is 35.5. The van der Waals surface area contributed by atoms with Gasteiger partial charge in [-0.15, -0.1) is 0 Å². The molecule has 0 bridgehead atoms. The Morgan fingerprint density at radius 3 is 1.42 bits per heavy atom. The van der Waals surface area contributed by atoms with Crippen LogP contribution in [0.25, 0.3) is 22.3 Å². The van der Waals surface area contributed by atoms with Gasteiger partial charge in [0.1, 0.15) is 11.4 Å². The molecule has 0 saturated carbocycles. The van der Waals surface area contributed by atoms with Gasteiger partial charge in [0.25, 0.3) is 17.0 Å². The first-order chi connectivity index (χ1) is 37.5. The summed E-state index contributed by atoms with van der Waals surface area (Å²) in [6, 6.07) is 31.4. The van der Waals surface area contributed by atoms with Crippen molar-refractivity contribution in [3.8, 4) is 22.3 Å². The summed E-state index contributed by atoms with van der Waals surface area (Å²) in [4.78, 5) is 92.0. The molecule has 0 fully saturated rings. The van der Waals surface area contributed by atoms with Crippen LogP contribution in [0.5, 0.6) is 0 Å². The molecule has 0 radical (unpaired) electrons. The second kappa shape index (κ2) is 27.5. The molecule has 8 rings (SSSR count). The van der Waals surface area contributed by atoms with Gasteiger partial charge in [0, 0.05) is 54.8 Å². The lowest BCUT2D eigenvalue weighted by atomic mass is 9.97. The van der Waals surface area contributed by atoms with E-state index in [4.69, 9.17) is 56.8 Å². The summed E-state index contributed by atoms with van der Waals surface area (Å²) in [5, 5.41) is 38.0. The Kier molecular flexibility index (Phi) is 20.7. The number of aromatic nitrogens is 4. The Bertz CT molecular complexity index is 3620. The minimum Gasteiger partial charge on any atom is -0.477 e. The third-order valence-corrected chi connectivity index (χ3v) is 12.2. The number of rotatable bonds is 19. The summed E-state index contributed by atoms with van der Waals surface area (Å²) in [6.45, 7) is 2.29. The number of H-pyrrole nitrogens is 2. The van der Waals surface area contributed by atoms with Gasteiger partial charge in [-0.1, -0.05) is 96.0 Å². The summed E-state index contributed by atoms with van der Waals surface area (Å²) in [7, 11) is 2.93. The van der Waals surface area contributed by atoms with Gasteiger partial charge in [0.05, 0.1) is 0 Å². The van der Waals surface area contributed by atoms with Crippen molar-refractivity contribution in [2.75, 3.05) is 0 Å². The molecule has 8 aromatic rings. The molecular formula is C54H54Cl2N6O17. The smallest absolute Gasteiger partial charge is 0.477 e. The third kappa shape index (κ3) is 17.6. The molecule has 25 heteroatoms. The standard InChI is InChI=1S/C27H26ClN3O8.C22H22ClNO6.C5H6N2O3/c1-15-23(39-27(36)38-15)14-37-26(35)22(32)12-20(29-25(34)21-13-24(33)31(2)30-21)10-16-6-8-17(9-7-16)18-4-3-5-19(28)11-18;1-13-20(30-22(27)29-13)12-28-21(26)19(25)11-18(24)9-14-5-7-15(8-6-14)16-3-2-4-17(23)10-16;1-7-4(8)2-3(6-7)5(9)10/h3-9,11,13,20,22,30,32H,10,12,14H2,1-2H3,(H,29,34);2-8,10,18-19,25H,9,11-12,24H2,1H3;2,6H,1H3,(H,9,10)/t20-,22-;18-,19-;/m11./s1. The molecule has 0 aliphatic heterocycles. The topological polar surface area (TPSA) is 348 Å². The Morgan fingerprint density at radius 2 is 1.04 bits per heavy atom. The number of carboxylic acid groups (broad SMARTS) is 1. The van der Waals surface area contributed by atoms with Crippen LogP contribution in [-0.4, -0.2) is 83.0 Å². The molecule has 0 aliphatic rings. The zero-order chi connectivity index (χ0) is 57.5. The molecule has 8 N–H and O–H groups in total. The zero-order valence-corrected chi connectivity index (χ0v) is 44.2. The maximum atomic E-state index is 12.8. The summed E-state index contributed by atoms with van der Waals surface area (Å²) in [5.74, 6) is -4.81. The SMILES string of the molecule is Cc1oc(=O)oc1COC(=O)[C@H](O)C[C@@H](Cc1ccc(-c2cccc(Cl)c2)cc1)NC(=O)c1cc(=O)n(C)[nH]1.Cc1oc(=O)oc1COC(=O)[C@H](O)C[C@H](N)Cc1ccc(-c2cccc(Cl)c2)cc1.Cn1[nH]c(C(=O)O)cc1=O. The van der Waals surface area contributed by atoms with Crippen LogP contribution in [0, 0.1) is 13.8 Å². The van der Waals surface area contributed by atoms with Crippen molar-refractivity contribution in [2.24, 2.45) is 19.8 Å². The number of aryl methyl sites for hydroxylation is 4. The lowest BCUT2D eigenvalue weighted by Crippen LogP contribution is -2.41. The summed E-state index contributed by atoms with van der Waals surface area (Å²) < 4.78 is 31.2. The van der Waals surface area contributed by atoms with Gasteiger partial charge in [-0.2, -0.15) is 0 Å². The minimum absolute atomic E-state index is 0.0261. The van der Waals surface area contributed by atoms with Gasteiger partial charge in [0.2, 0.25) is 0 Å². The monoisotopic (exact) mass is 1130 g/mol. The number of aromatic amines is 2. The Hall–Kier alpha value is -8.74. The van der Waals surface area contributed by atoms with Crippen molar-refractivity contribution < 1.29 is 61.6 Å². The van der Waals surface area contributed by atoms with Crippen LogP contribution in [0.4, 0.5) is 0 Å². The lowest BCUT2D eigenvalue weighted by Gasteiger charge is -2.21. The fourth-order valence-corrected chi connectivity index (χ4v) is 7.94. The van der Waals surface area contributed by atoms with Crippen molar-refractivity contribution in [3.63, 3.8) is 0 Å². The molecule has 4 aromatic heterocycles. The third-order valence-electron chi connectivity index (χ3n) is 11.7. The molecule has 4 heterocycles. The van der Waals surface area contributed by atoms with E-state index in [-0.39, 0.29) is 65.9 Å². The van der Waals surface area contributed by atoms with E-state index in [1.54, 1.807) is 6.07 Å².